The van der Waals surface area contributed by atoms with Crippen LogP contribution >= 0.6 is 0 Å². The van der Waals surface area contributed by atoms with Gasteiger partial charge < -0.3 is 20.4 Å². The van der Waals surface area contributed by atoms with Crippen LogP contribution in [0.25, 0.3) is 10.9 Å². The number of rotatable bonds is 4. The molecule has 0 saturated carbocycles. The zero-order chi connectivity index (χ0) is 17.9. The summed E-state index contributed by atoms with van der Waals surface area (Å²) in [5, 5.41) is 7.85. The highest BCUT2D eigenvalue weighted by molar-refractivity contribution is 5.82. The Kier molecular flexibility index (Phi) is 4.53. The molecule has 0 amide bonds. The zero-order valence-corrected chi connectivity index (χ0v) is 15.1. The predicted octanol–water partition coefficient (Wildman–Crippen LogP) is 2.24. The lowest BCUT2D eigenvalue weighted by Crippen LogP contribution is -2.44. The van der Waals surface area contributed by atoms with Crippen molar-refractivity contribution in [3.05, 3.63) is 42.6 Å². The number of hydrogen-bond acceptors (Lipinski definition) is 7. The maximum absolute atomic E-state index is 4.74. The van der Waals surface area contributed by atoms with Gasteiger partial charge in [-0.2, -0.15) is 9.97 Å². The summed E-state index contributed by atoms with van der Waals surface area (Å²) in [7, 11) is 3.98. The Morgan fingerprint density at radius 3 is 2.69 bits per heavy atom. The van der Waals surface area contributed by atoms with Crippen LogP contribution in [0.3, 0.4) is 0 Å². The number of pyridine rings is 1. The molecule has 1 saturated heterocycles. The first-order valence-corrected chi connectivity index (χ1v) is 8.83. The van der Waals surface area contributed by atoms with Gasteiger partial charge in [-0.15, -0.1) is 0 Å². The van der Waals surface area contributed by atoms with E-state index in [4.69, 9.17) is 9.97 Å². The zero-order valence-electron chi connectivity index (χ0n) is 15.1. The van der Waals surface area contributed by atoms with Gasteiger partial charge >= 0.3 is 0 Å². The van der Waals surface area contributed by atoms with Crippen LogP contribution < -0.4 is 20.4 Å². The molecule has 134 valence electrons. The van der Waals surface area contributed by atoms with E-state index in [9.17, 15) is 0 Å². The lowest BCUT2D eigenvalue weighted by Gasteiger charge is -2.28. The molecule has 0 radical (unpaired) electrons. The van der Waals surface area contributed by atoms with Crippen molar-refractivity contribution in [2.75, 3.05) is 55.4 Å². The summed E-state index contributed by atoms with van der Waals surface area (Å²) in [6.45, 7) is 3.72. The van der Waals surface area contributed by atoms with Crippen molar-refractivity contribution in [2.45, 2.75) is 0 Å². The van der Waals surface area contributed by atoms with E-state index in [1.54, 1.807) is 0 Å². The molecule has 2 N–H and O–H groups in total. The second-order valence-electron chi connectivity index (χ2n) is 6.58. The highest BCUT2D eigenvalue weighted by atomic mass is 15.3. The van der Waals surface area contributed by atoms with Crippen molar-refractivity contribution in [3.63, 3.8) is 0 Å². The lowest BCUT2D eigenvalue weighted by molar-refractivity contribution is 0.580. The van der Waals surface area contributed by atoms with E-state index in [1.165, 1.54) is 0 Å². The third-order valence-corrected chi connectivity index (χ3v) is 4.42. The van der Waals surface area contributed by atoms with Gasteiger partial charge in [-0.1, -0.05) is 18.2 Å². The minimum atomic E-state index is 0.758. The third kappa shape index (κ3) is 3.52. The molecule has 26 heavy (non-hydrogen) atoms. The number of nitrogens with zero attached hydrogens (tertiary/aromatic N) is 5. The normalized spacial score (nSPS) is 14.5. The van der Waals surface area contributed by atoms with E-state index in [0.29, 0.717) is 0 Å². The second kappa shape index (κ2) is 7.13. The number of fused-ring (bicyclic) bond motifs is 1. The summed E-state index contributed by atoms with van der Waals surface area (Å²) in [6.07, 6.45) is 1.84. The van der Waals surface area contributed by atoms with Gasteiger partial charge in [-0.25, -0.2) is 0 Å². The molecule has 7 nitrogen and oxygen atoms in total. The highest BCUT2D eigenvalue weighted by Crippen LogP contribution is 2.24. The molecule has 1 aliphatic heterocycles. The molecule has 0 atom stereocenters. The topological polar surface area (TPSA) is 69.2 Å². The van der Waals surface area contributed by atoms with Crippen molar-refractivity contribution in [3.8, 4) is 0 Å². The molecule has 2 aromatic heterocycles. The number of piperazine rings is 1. The first-order chi connectivity index (χ1) is 12.7. The summed E-state index contributed by atoms with van der Waals surface area (Å²) < 4.78 is 0. The van der Waals surface area contributed by atoms with Crippen LogP contribution in [-0.2, 0) is 0 Å². The van der Waals surface area contributed by atoms with Gasteiger partial charge in [0.05, 0.1) is 17.4 Å². The minimum Gasteiger partial charge on any atom is -0.363 e. The van der Waals surface area contributed by atoms with Crippen LogP contribution in [-0.4, -0.2) is 55.2 Å². The molecular weight excluding hydrogens is 326 g/mol. The summed E-state index contributed by atoms with van der Waals surface area (Å²) in [6, 6.07) is 12.1. The van der Waals surface area contributed by atoms with Crippen LogP contribution in [0.2, 0.25) is 0 Å². The van der Waals surface area contributed by atoms with E-state index in [2.05, 4.69) is 32.7 Å². The maximum atomic E-state index is 4.74. The Morgan fingerprint density at radius 2 is 1.88 bits per heavy atom. The molecule has 0 spiro atoms. The van der Waals surface area contributed by atoms with Crippen LogP contribution in [0.15, 0.2) is 42.6 Å². The Balaban J connectivity index is 1.66. The molecule has 0 unspecified atom stereocenters. The first-order valence-electron chi connectivity index (χ1n) is 8.83. The van der Waals surface area contributed by atoms with Crippen LogP contribution in [0.5, 0.6) is 0 Å². The van der Waals surface area contributed by atoms with E-state index in [1.807, 2.05) is 49.5 Å². The number of nitrogens with one attached hydrogen (secondary N) is 2. The minimum absolute atomic E-state index is 0.758. The van der Waals surface area contributed by atoms with Crippen molar-refractivity contribution in [1.82, 2.24) is 20.3 Å². The number of benzene rings is 1. The molecule has 1 aromatic carbocycles. The number of para-hydroxylation sites is 1. The second-order valence-corrected chi connectivity index (χ2v) is 6.58. The van der Waals surface area contributed by atoms with Crippen molar-refractivity contribution in [1.29, 1.82) is 0 Å². The Hall–Kier alpha value is -2.93. The van der Waals surface area contributed by atoms with E-state index in [-0.39, 0.29) is 0 Å². The monoisotopic (exact) mass is 349 g/mol. The molecule has 3 heterocycles. The lowest BCUT2D eigenvalue weighted by atomic mass is 10.2. The Labute approximate surface area is 153 Å². The molecule has 4 rings (SSSR count). The van der Waals surface area contributed by atoms with Crippen LogP contribution in [0.1, 0.15) is 0 Å². The van der Waals surface area contributed by atoms with Crippen molar-refractivity contribution in [2.24, 2.45) is 0 Å². The van der Waals surface area contributed by atoms with E-state index < -0.39 is 0 Å². The SMILES string of the molecule is CN(C)c1cc(Nc2cnc3ccccc3c2)nc(N2CCNCC2)n1. The van der Waals surface area contributed by atoms with E-state index >= 15 is 0 Å². The molecule has 1 fully saturated rings. The predicted molar refractivity (Wildman–Crippen MR) is 106 cm³/mol. The van der Waals surface area contributed by atoms with Gasteiger partial charge in [-0.05, 0) is 12.1 Å². The smallest absolute Gasteiger partial charge is 0.229 e. The summed E-state index contributed by atoms with van der Waals surface area (Å²) in [4.78, 5) is 18.2. The molecule has 0 aliphatic carbocycles. The highest BCUT2D eigenvalue weighted by Gasteiger charge is 2.16. The number of aromatic nitrogens is 3. The quantitative estimate of drug-likeness (QED) is 0.749. The van der Waals surface area contributed by atoms with Crippen LogP contribution in [0.4, 0.5) is 23.3 Å². The van der Waals surface area contributed by atoms with Gasteiger partial charge in [-0.3, -0.25) is 4.98 Å². The average molecular weight is 349 g/mol. The van der Waals surface area contributed by atoms with Gasteiger partial charge in [0.25, 0.3) is 0 Å². The number of hydrogen-bond donors (Lipinski definition) is 2. The average Bonchev–Trinajstić information content (AvgIpc) is 2.68. The third-order valence-electron chi connectivity index (χ3n) is 4.42. The fourth-order valence-corrected chi connectivity index (χ4v) is 3.01. The van der Waals surface area contributed by atoms with Gasteiger partial charge in [0, 0.05) is 51.7 Å². The van der Waals surface area contributed by atoms with Crippen LogP contribution in [0, 0.1) is 0 Å². The van der Waals surface area contributed by atoms with Gasteiger partial charge in [0.1, 0.15) is 11.6 Å². The van der Waals surface area contributed by atoms with Crippen molar-refractivity contribution < 1.29 is 0 Å². The molecule has 3 aromatic rings. The van der Waals surface area contributed by atoms with Gasteiger partial charge in [0.2, 0.25) is 5.95 Å². The fraction of sp³-hybridized carbons (Fsp3) is 0.316. The Morgan fingerprint density at radius 1 is 1.08 bits per heavy atom. The number of anilines is 4. The fourth-order valence-electron chi connectivity index (χ4n) is 3.01. The maximum Gasteiger partial charge on any atom is 0.229 e. The molecule has 7 heteroatoms. The Bertz CT molecular complexity index is 903. The first kappa shape index (κ1) is 16.5. The summed E-state index contributed by atoms with van der Waals surface area (Å²) >= 11 is 0. The molecule has 1 aliphatic rings. The van der Waals surface area contributed by atoms with E-state index in [0.717, 1.165) is 60.4 Å². The molecule has 0 bridgehead atoms. The summed E-state index contributed by atoms with van der Waals surface area (Å²) in [5.74, 6) is 2.41. The van der Waals surface area contributed by atoms with Gasteiger partial charge in [0.15, 0.2) is 0 Å². The molecular formula is C19H23N7. The largest absolute Gasteiger partial charge is 0.363 e. The summed E-state index contributed by atoms with van der Waals surface area (Å²) in [5.41, 5.74) is 1.90. The van der Waals surface area contributed by atoms with Crippen molar-refractivity contribution >= 4 is 34.2 Å². The standard InChI is InChI=1S/C19H23N7/c1-25(2)18-12-17(23-19(24-18)26-9-7-20-8-10-26)22-15-11-14-5-3-4-6-16(14)21-13-15/h3-6,11-13,20H,7-10H2,1-2H3,(H,22,23,24).